The van der Waals surface area contributed by atoms with E-state index in [9.17, 15) is 13.6 Å². The molecule has 1 rings (SSSR count). The second-order valence-corrected chi connectivity index (χ2v) is 4.02. The maximum atomic E-state index is 12.3. The maximum absolute atomic E-state index is 12.3. The fraction of sp³-hybridized carbons (Fsp3) is 0.462. The van der Waals surface area contributed by atoms with Crippen LogP contribution in [0.2, 0.25) is 0 Å². The molecule has 1 amide bonds. The third kappa shape index (κ3) is 4.82. The standard InChI is InChI=1S/C13H18F2N2O2/c1-2-17-12(18)10(8-16)7-9-5-3-4-6-11(9)19-13(14)15/h3-6,10,13H,2,7-8,16H2,1H3,(H,17,18). The highest BCUT2D eigenvalue weighted by atomic mass is 19.3. The molecule has 19 heavy (non-hydrogen) atoms. The monoisotopic (exact) mass is 272 g/mol. The maximum Gasteiger partial charge on any atom is 0.387 e. The number of rotatable bonds is 7. The average molecular weight is 272 g/mol. The minimum absolute atomic E-state index is 0.0836. The number of hydrogen-bond acceptors (Lipinski definition) is 3. The topological polar surface area (TPSA) is 64.4 Å². The van der Waals surface area contributed by atoms with E-state index in [1.807, 2.05) is 0 Å². The van der Waals surface area contributed by atoms with Gasteiger partial charge in [0.1, 0.15) is 5.75 Å². The van der Waals surface area contributed by atoms with Crippen LogP contribution < -0.4 is 15.8 Å². The van der Waals surface area contributed by atoms with Crippen molar-refractivity contribution < 1.29 is 18.3 Å². The highest BCUT2D eigenvalue weighted by Crippen LogP contribution is 2.23. The van der Waals surface area contributed by atoms with Crippen LogP contribution in [0.4, 0.5) is 8.78 Å². The molecule has 0 aliphatic carbocycles. The van der Waals surface area contributed by atoms with Crippen LogP contribution in [-0.2, 0) is 11.2 Å². The minimum Gasteiger partial charge on any atom is -0.435 e. The summed E-state index contributed by atoms with van der Waals surface area (Å²) < 4.78 is 29.0. The Morgan fingerprint density at radius 2 is 2.11 bits per heavy atom. The summed E-state index contributed by atoms with van der Waals surface area (Å²) in [5, 5.41) is 2.67. The Morgan fingerprint density at radius 3 is 2.68 bits per heavy atom. The number of alkyl halides is 2. The summed E-state index contributed by atoms with van der Waals surface area (Å²) in [6.07, 6.45) is 0.269. The zero-order valence-electron chi connectivity index (χ0n) is 10.7. The summed E-state index contributed by atoms with van der Waals surface area (Å²) in [4.78, 5) is 11.7. The summed E-state index contributed by atoms with van der Waals surface area (Å²) in [5.74, 6) is -0.556. The van der Waals surface area contributed by atoms with Gasteiger partial charge in [-0.25, -0.2) is 0 Å². The molecule has 0 aliphatic rings. The van der Waals surface area contributed by atoms with Gasteiger partial charge in [0.25, 0.3) is 0 Å². The van der Waals surface area contributed by atoms with Crippen molar-refractivity contribution in [1.82, 2.24) is 5.32 Å². The summed E-state index contributed by atoms with van der Waals surface area (Å²) in [5.41, 5.74) is 6.10. The van der Waals surface area contributed by atoms with E-state index in [1.165, 1.54) is 6.07 Å². The number of benzene rings is 1. The van der Waals surface area contributed by atoms with E-state index < -0.39 is 12.5 Å². The lowest BCUT2D eigenvalue weighted by atomic mass is 9.98. The lowest BCUT2D eigenvalue weighted by molar-refractivity contribution is -0.124. The molecule has 3 N–H and O–H groups in total. The molecule has 6 heteroatoms. The Hall–Kier alpha value is -1.69. The molecule has 0 saturated heterocycles. The van der Waals surface area contributed by atoms with Crippen LogP contribution in [0.15, 0.2) is 24.3 Å². The molecule has 1 unspecified atom stereocenters. The van der Waals surface area contributed by atoms with Gasteiger partial charge in [-0.15, -0.1) is 0 Å². The number of amides is 1. The molecule has 4 nitrogen and oxygen atoms in total. The molecule has 0 bridgehead atoms. The molecule has 0 heterocycles. The van der Waals surface area contributed by atoms with Crippen molar-refractivity contribution in [1.29, 1.82) is 0 Å². The van der Waals surface area contributed by atoms with Gasteiger partial charge in [-0.05, 0) is 25.0 Å². The Labute approximate surface area is 110 Å². The van der Waals surface area contributed by atoms with E-state index in [4.69, 9.17) is 5.73 Å². The van der Waals surface area contributed by atoms with Gasteiger partial charge in [-0.1, -0.05) is 18.2 Å². The first kappa shape index (κ1) is 15.4. The lowest BCUT2D eigenvalue weighted by Crippen LogP contribution is -2.36. The van der Waals surface area contributed by atoms with E-state index in [-0.39, 0.29) is 24.6 Å². The van der Waals surface area contributed by atoms with E-state index in [1.54, 1.807) is 25.1 Å². The molecule has 0 spiro atoms. The van der Waals surface area contributed by atoms with Crippen LogP contribution in [0.5, 0.6) is 5.75 Å². The fourth-order valence-electron chi connectivity index (χ4n) is 1.75. The van der Waals surface area contributed by atoms with Crippen molar-refractivity contribution in [2.45, 2.75) is 20.0 Å². The Balaban J connectivity index is 2.81. The summed E-state index contributed by atoms with van der Waals surface area (Å²) in [6, 6.07) is 6.41. The van der Waals surface area contributed by atoms with Crippen molar-refractivity contribution in [3.05, 3.63) is 29.8 Å². The predicted molar refractivity (Wildman–Crippen MR) is 68.0 cm³/mol. The SMILES string of the molecule is CCNC(=O)C(CN)Cc1ccccc1OC(F)F. The lowest BCUT2D eigenvalue weighted by Gasteiger charge is -2.16. The first-order valence-corrected chi connectivity index (χ1v) is 6.09. The van der Waals surface area contributed by atoms with Gasteiger partial charge in [0.05, 0.1) is 5.92 Å². The molecular weight excluding hydrogens is 254 g/mol. The van der Waals surface area contributed by atoms with Crippen molar-refractivity contribution >= 4 is 5.91 Å². The number of para-hydroxylation sites is 1. The number of carbonyl (C=O) groups excluding carboxylic acids is 1. The summed E-state index contributed by atoms with van der Waals surface area (Å²) >= 11 is 0. The molecular formula is C13H18F2N2O2. The predicted octanol–water partition coefficient (Wildman–Crippen LogP) is 1.54. The van der Waals surface area contributed by atoms with Gasteiger partial charge in [-0.3, -0.25) is 4.79 Å². The summed E-state index contributed by atoms with van der Waals surface area (Å²) in [6.45, 7) is -0.430. The third-order valence-corrected chi connectivity index (χ3v) is 2.66. The molecule has 0 aromatic heterocycles. The number of hydrogen-bond donors (Lipinski definition) is 2. The van der Waals surface area contributed by atoms with E-state index in [2.05, 4.69) is 10.1 Å². The third-order valence-electron chi connectivity index (χ3n) is 2.66. The highest BCUT2D eigenvalue weighted by molar-refractivity contribution is 5.79. The zero-order chi connectivity index (χ0) is 14.3. The van der Waals surface area contributed by atoms with Gasteiger partial charge < -0.3 is 15.8 Å². The molecule has 1 atom stereocenters. The van der Waals surface area contributed by atoms with Gasteiger partial charge in [0, 0.05) is 13.1 Å². The largest absolute Gasteiger partial charge is 0.435 e. The van der Waals surface area contributed by atoms with Gasteiger partial charge in [0.15, 0.2) is 0 Å². The van der Waals surface area contributed by atoms with Gasteiger partial charge >= 0.3 is 6.61 Å². The van der Waals surface area contributed by atoms with Gasteiger partial charge in [0.2, 0.25) is 5.91 Å². The smallest absolute Gasteiger partial charge is 0.387 e. The normalized spacial score (nSPS) is 12.3. The quantitative estimate of drug-likeness (QED) is 0.791. The Kier molecular flexibility index (Phi) is 6.21. The first-order valence-electron chi connectivity index (χ1n) is 6.09. The molecule has 0 radical (unpaired) electrons. The van der Waals surface area contributed by atoms with Crippen LogP contribution in [0, 0.1) is 5.92 Å². The van der Waals surface area contributed by atoms with Crippen molar-refractivity contribution in [2.75, 3.05) is 13.1 Å². The number of nitrogens with one attached hydrogen (secondary N) is 1. The number of carbonyl (C=O) groups is 1. The Morgan fingerprint density at radius 1 is 1.42 bits per heavy atom. The molecule has 0 aliphatic heterocycles. The van der Waals surface area contributed by atoms with Crippen molar-refractivity contribution in [3.8, 4) is 5.75 Å². The molecule has 1 aromatic carbocycles. The average Bonchev–Trinajstić information content (AvgIpc) is 2.37. The van der Waals surface area contributed by atoms with Crippen LogP contribution in [0.3, 0.4) is 0 Å². The molecule has 0 saturated carbocycles. The van der Waals surface area contributed by atoms with Gasteiger partial charge in [-0.2, -0.15) is 8.78 Å². The van der Waals surface area contributed by atoms with Crippen LogP contribution in [-0.4, -0.2) is 25.6 Å². The van der Waals surface area contributed by atoms with Crippen molar-refractivity contribution in [2.24, 2.45) is 11.7 Å². The number of ether oxygens (including phenoxy) is 1. The fourth-order valence-corrected chi connectivity index (χ4v) is 1.75. The Bertz CT molecular complexity index is 413. The van der Waals surface area contributed by atoms with Crippen LogP contribution >= 0.6 is 0 Å². The molecule has 106 valence electrons. The highest BCUT2D eigenvalue weighted by Gasteiger charge is 2.19. The zero-order valence-corrected chi connectivity index (χ0v) is 10.7. The second-order valence-electron chi connectivity index (χ2n) is 4.02. The van der Waals surface area contributed by atoms with Crippen LogP contribution in [0.25, 0.3) is 0 Å². The number of nitrogens with two attached hydrogens (primary N) is 1. The van der Waals surface area contributed by atoms with E-state index in [0.717, 1.165) is 0 Å². The van der Waals surface area contributed by atoms with E-state index in [0.29, 0.717) is 12.1 Å². The van der Waals surface area contributed by atoms with Crippen LogP contribution in [0.1, 0.15) is 12.5 Å². The van der Waals surface area contributed by atoms with Crippen molar-refractivity contribution in [3.63, 3.8) is 0 Å². The minimum atomic E-state index is -2.89. The number of halogens is 2. The summed E-state index contributed by atoms with van der Waals surface area (Å²) in [7, 11) is 0. The molecule has 0 fully saturated rings. The second kappa shape index (κ2) is 7.68. The van der Waals surface area contributed by atoms with E-state index >= 15 is 0 Å². The molecule has 1 aromatic rings. The first-order chi connectivity index (χ1) is 9.08.